The summed E-state index contributed by atoms with van der Waals surface area (Å²) >= 11 is 0. The van der Waals surface area contributed by atoms with Gasteiger partial charge < -0.3 is 0 Å². The summed E-state index contributed by atoms with van der Waals surface area (Å²) in [5.74, 6) is -1.69. The van der Waals surface area contributed by atoms with Gasteiger partial charge in [0.15, 0.2) is 11.6 Å². The lowest BCUT2D eigenvalue weighted by Gasteiger charge is -2.17. The Balaban J connectivity index is 2.16. The molecule has 3 aromatic carbocycles. The van der Waals surface area contributed by atoms with Gasteiger partial charge in [0.25, 0.3) is 0 Å². The summed E-state index contributed by atoms with van der Waals surface area (Å²) < 4.78 is 27.6. The Morgan fingerprint density at radius 2 is 1.48 bits per heavy atom. The van der Waals surface area contributed by atoms with E-state index >= 15 is 0 Å². The molecule has 0 fully saturated rings. The van der Waals surface area contributed by atoms with E-state index in [-0.39, 0.29) is 0 Å². The highest BCUT2D eigenvalue weighted by Crippen LogP contribution is 2.32. The minimum atomic E-state index is -0.845. The molecule has 0 atom stereocenters. The summed E-state index contributed by atoms with van der Waals surface area (Å²) in [6.45, 7) is 0. The second-order valence-electron chi connectivity index (χ2n) is 4.50. The van der Waals surface area contributed by atoms with E-state index < -0.39 is 17.3 Å². The maximum Gasteiger partial charge on any atom is 0.152 e. The van der Waals surface area contributed by atoms with Crippen molar-refractivity contribution in [1.82, 2.24) is 0 Å². The molecule has 3 rings (SSSR count). The average molecular weight is 284 g/mol. The number of hydrogen-bond donors (Lipinski definition) is 0. The van der Waals surface area contributed by atoms with E-state index in [9.17, 15) is 13.7 Å². The number of para-hydroxylation sites is 1. The van der Waals surface area contributed by atoms with Gasteiger partial charge in [-0.15, -0.1) is 4.91 Å². The SMILES string of the molecule is O=NN(c1ccc2ccccc2c1)c1c(F)cccc1F. The van der Waals surface area contributed by atoms with Crippen LogP contribution in [0, 0.1) is 16.5 Å². The number of benzene rings is 3. The van der Waals surface area contributed by atoms with Crippen LogP contribution in [0.2, 0.25) is 0 Å². The highest BCUT2D eigenvalue weighted by molar-refractivity contribution is 5.86. The maximum atomic E-state index is 13.8. The average Bonchev–Trinajstić information content (AvgIpc) is 2.50. The van der Waals surface area contributed by atoms with Crippen molar-refractivity contribution in [3.63, 3.8) is 0 Å². The molecule has 0 saturated carbocycles. The number of anilines is 2. The fourth-order valence-electron chi connectivity index (χ4n) is 2.22. The van der Waals surface area contributed by atoms with Crippen LogP contribution >= 0.6 is 0 Å². The summed E-state index contributed by atoms with van der Waals surface area (Å²) in [7, 11) is 0. The van der Waals surface area contributed by atoms with Gasteiger partial charge in [-0.05, 0) is 35.0 Å². The molecule has 0 heterocycles. The van der Waals surface area contributed by atoms with Crippen LogP contribution in [0.4, 0.5) is 20.2 Å². The van der Waals surface area contributed by atoms with Gasteiger partial charge in [-0.1, -0.05) is 36.4 Å². The largest absolute Gasteiger partial charge is 0.204 e. The van der Waals surface area contributed by atoms with Gasteiger partial charge in [-0.25, -0.2) is 8.78 Å². The number of rotatable bonds is 3. The van der Waals surface area contributed by atoms with Gasteiger partial charge in [0, 0.05) is 0 Å². The summed E-state index contributed by atoms with van der Waals surface area (Å²) in [5.41, 5.74) is -0.185. The standard InChI is InChI=1S/C16H10F2N2O/c17-14-6-3-7-15(18)16(14)20(19-21)13-9-8-11-4-1-2-5-12(11)10-13/h1-10H. The van der Waals surface area contributed by atoms with E-state index in [0.717, 1.165) is 27.9 Å². The molecule has 0 N–H and O–H groups in total. The summed E-state index contributed by atoms with van der Waals surface area (Å²) in [6.07, 6.45) is 0. The Hall–Kier alpha value is -2.82. The van der Waals surface area contributed by atoms with Crippen LogP contribution in [0.15, 0.2) is 65.9 Å². The predicted molar refractivity (Wildman–Crippen MR) is 78.2 cm³/mol. The molecule has 21 heavy (non-hydrogen) atoms. The monoisotopic (exact) mass is 284 g/mol. The van der Waals surface area contributed by atoms with E-state index in [1.165, 1.54) is 6.07 Å². The Morgan fingerprint density at radius 1 is 0.810 bits per heavy atom. The molecule has 0 unspecified atom stereocenters. The van der Waals surface area contributed by atoms with Crippen LogP contribution in [-0.4, -0.2) is 0 Å². The number of nitrogens with zero attached hydrogens (tertiary/aromatic N) is 2. The maximum absolute atomic E-state index is 13.8. The van der Waals surface area contributed by atoms with Crippen molar-refractivity contribution < 1.29 is 8.78 Å². The summed E-state index contributed by atoms with van der Waals surface area (Å²) in [6, 6.07) is 15.9. The number of hydrogen-bond acceptors (Lipinski definition) is 2. The third-order valence-corrected chi connectivity index (χ3v) is 3.21. The smallest absolute Gasteiger partial charge is 0.152 e. The molecule has 0 aliphatic rings. The number of nitroso groups, excluding NO2 is 1. The molecule has 0 spiro atoms. The molecule has 104 valence electrons. The number of halogens is 2. The Morgan fingerprint density at radius 3 is 2.14 bits per heavy atom. The van der Waals surface area contributed by atoms with Crippen LogP contribution in [-0.2, 0) is 0 Å². The fraction of sp³-hybridized carbons (Fsp3) is 0. The minimum Gasteiger partial charge on any atom is -0.204 e. The first-order chi connectivity index (χ1) is 10.2. The molecular formula is C16H10F2N2O. The Bertz CT molecular complexity index is 800. The second kappa shape index (κ2) is 5.28. The van der Waals surface area contributed by atoms with Gasteiger partial charge in [-0.3, -0.25) is 0 Å². The van der Waals surface area contributed by atoms with Crippen LogP contribution in [0.3, 0.4) is 0 Å². The van der Waals surface area contributed by atoms with E-state index in [2.05, 4.69) is 5.29 Å². The number of fused-ring (bicyclic) bond motifs is 1. The zero-order valence-electron chi connectivity index (χ0n) is 10.8. The van der Waals surface area contributed by atoms with Crippen molar-refractivity contribution in [2.45, 2.75) is 0 Å². The third kappa shape index (κ3) is 2.33. The van der Waals surface area contributed by atoms with Crippen molar-refractivity contribution in [2.75, 3.05) is 5.01 Å². The van der Waals surface area contributed by atoms with E-state index in [1.54, 1.807) is 18.2 Å². The van der Waals surface area contributed by atoms with Gasteiger partial charge >= 0.3 is 0 Å². The first-order valence-corrected chi connectivity index (χ1v) is 6.27. The zero-order chi connectivity index (χ0) is 14.8. The predicted octanol–water partition coefficient (Wildman–Crippen LogP) is 4.94. The van der Waals surface area contributed by atoms with Crippen molar-refractivity contribution in [3.8, 4) is 0 Å². The lowest BCUT2D eigenvalue weighted by Crippen LogP contribution is -2.11. The molecular weight excluding hydrogens is 274 g/mol. The third-order valence-electron chi connectivity index (χ3n) is 3.21. The normalized spacial score (nSPS) is 10.6. The van der Waals surface area contributed by atoms with Gasteiger partial charge in [0.1, 0.15) is 5.69 Å². The van der Waals surface area contributed by atoms with E-state index in [1.807, 2.05) is 24.3 Å². The molecule has 0 aliphatic heterocycles. The highest BCUT2D eigenvalue weighted by atomic mass is 19.1. The molecule has 0 saturated heterocycles. The molecule has 0 bridgehead atoms. The van der Waals surface area contributed by atoms with Gasteiger partial charge in [0.2, 0.25) is 0 Å². The van der Waals surface area contributed by atoms with Crippen LogP contribution < -0.4 is 5.01 Å². The first-order valence-electron chi connectivity index (χ1n) is 6.27. The molecule has 3 aromatic rings. The lowest BCUT2D eigenvalue weighted by molar-refractivity contribution is 0.581. The van der Waals surface area contributed by atoms with Gasteiger partial charge in [-0.2, -0.15) is 5.01 Å². The van der Waals surface area contributed by atoms with E-state index in [0.29, 0.717) is 5.69 Å². The van der Waals surface area contributed by atoms with Crippen LogP contribution in [0.5, 0.6) is 0 Å². The van der Waals surface area contributed by atoms with Crippen molar-refractivity contribution in [1.29, 1.82) is 0 Å². The highest BCUT2D eigenvalue weighted by Gasteiger charge is 2.19. The summed E-state index contributed by atoms with van der Waals surface area (Å²) in [4.78, 5) is 11.1. The molecule has 0 radical (unpaired) electrons. The molecule has 0 aliphatic carbocycles. The zero-order valence-corrected chi connectivity index (χ0v) is 10.8. The molecule has 0 aromatic heterocycles. The Kier molecular flexibility index (Phi) is 3.31. The molecule has 3 nitrogen and oxygen atoms in total. The topological polar surface area (TPSA) is 32.7 Å². The quantitative estimate of drug-likeness (QED) is 0.504. The Labute approximate surface area is 119 Å². The van der Waals surface area contributed by atoms with Crippen LogP contribution in [0.1, 0.15) is 0 Å². The lowest BCUT2D eigenvalue weighted by atomic mass is 10.1. The molecule has 0 amide bonds. The summed E-state index contributed by atoms with van der Waals surface area (Å²) in [5, 5.41) is 5.29. The first kappa shape index (κ1) is 13.2. The van der Waals surface area contributed by atoms with Crippen molar-refractivity contribution in [2.24, 2.45) is 5.29 Å². The van der Waals surface area contributed by atoms with E-state index in [4.69, 9.17) is 0 Å². The molecule has 5 heteroatoms. The fourth-order valence-corrected chi connectivity index (χ4v) is 2.22. The van der Waals surface area contributed by atoms with Crippen molar-refractivity contribution >= 4 is 22.1 Å². The van der Waals surface area contributed by atoms with Crippen LogP contribution in [0.25, 0.3) is 10.8 Å². The second-order valence-corrected chi connectivity index (χ2v) is 4.50. The van der Waals surface area contributed by atoms with Crippen molar-refractivity contribution in [3.05, 3.63) is 77.2 Å². The minimum absolute atomic E-state index is 0.299. The van der Waals surface area contributed by atoms with Gasteiger partial charge in [0.05, 0.1) is 11.0 Å².